The standard InChI is InChI=1S/C22H21F2N5OS/c23-17-4-1-16(2-5-17)3-10-20-25-22(27-26-20)31-15-21(30)29-13-11-28(12-14-29)19-8-6-18(24)7-9-19/h1-10H,11-15H2,(H,25,26,27)/b10-3+. The van der Waals surface area contributed by atoms with Crippen LogP contribution in [-0.2, 0) is 4.79 Å². The molecule has 1 fully saturated rings. The number of aromatic amines is 1. The molecule has 1 aliphatic rings. The number of carbonyl (C=O) groups is 1. The Kier molecular flexibility index (Phi) is 6.61. The molecule has 1 N–H and O–H groups in total. The van der Waals surface area contributed by atoms with Crippen molar-refractivity contribution in [2.45, 2.75) is 5.16 Å². The highest BCUT2D eigenvalue weighted by atomic mass is 32.2. The highest BCUT2D eigenvalue weighted by molar-refractivity contribution is 7.99. The van der Waals surface area contributed by atoms with Crippen molar-refractivity contribution in [3.63, 3.8) is 0 Å². The molecule has 9 heteroatoms. The zero-order valence-corrected chi connectivity index (χ0v) is 17.5. The van der Waals surface area contributed by atoms with Gasteiger partial charge < -0.3 is 9.80 Å². The minimum Gasteiger partial charge on any atom is -0.368 e. The summed E-state index contributed by atoms with van der Waals surface area (Å²) in [4.78, 5) is 20.8. The zero-order valence-electron chi connectivity index (χ0n) is 16.7. The Balaban J connectivity index is 1.24. The Morgan fingerprint density at radius 2 is 1.61 bits per heavy atom. The number of nitrogens with one attached hydrogen (secondary N) is 1. The molecule has 0 radical (unpaired) electrons. The molecule has 0 saturated carbocycles. The van der Waals surface area contributed by atoms with E-state index in [1.807, 2.05) is 4.90 Å². The molecular weight excluding hydrogens is 420 g/mol. The average Bonchev–Trinajstić information content (AvgIpc) is 3.26. The molecule has 31 heavy (non-hydrogen) atoms. The van der Waals surface area contributed by atoms with Gasteiger partial charge in [0.25, 0.3) is 0 Å². The molecule has 0 atom stereocenters. The number of hydrogen-bond acceptors (Lipinski definition) is 5. The summed E-state index contributed by atoms with van der Waals surface area (Å²) in [5.41, 5.74) is 1.81. The van der Waals surface area contributed by atoms with E-state index in [1.165, 1.54) is 36.0 Å². The number of nitrogens with zero attached hydrogens (tertiary/aromatic N) is 4. The van der Waals surface area contributed by atoms with Gasteiger partial charge in [-0.05, 0) is 48.0 Å². The summed E-state index contributed by atoms with van der Waals surface area (Å²) in [6.45, 7) is 2.66. The van der Waals surface area contributed by atoms with Gasteiger partial charge in [0.15, 0.2) is 0 Å². The number of carbonyl (C=O) groups excluding carboxylic acids is 1. The van der Waals surface area contributed by atoms with Crippen LogP contribution < -0.4 is 4.90 Å². The number of halogens is 2. The summed E-state index contributed by atoms with van der Waals surface area (Å²) >= 11 is 1.28. The van der Waals surface area contributed by atoms with Crippen molar-refractivity contribution >= 4 is 35.5 Å². The second-order valence-corrected chi connectivity index (χ2v) is 7.96. The van der Waals surface area contributed by atoms with Crippen LogP contribution >= 0.6 is 11.8 Å². The third-order valence-corrected chi connectivity index (χ3v) is 5.77. The highest BCUT2D eigenvalue weighted by Crippen LogP contribution is 2.19. The summed E-state index contributed by atoms with van der Waals surface area (Å²) in [6.07, 6.45) is 3.56. The normalized spacial score (nSPS) is 14.4. The summed E-state index contributed by atoms with van der Waals surface area (Å²) in [5.74, 6) is 0.326. The Bertz CT molecular complexity index is 1040. The number of hydrogen-bond donors (Lipinski definition) is 1. The highest BCUT2D eigenvalue weighted by Gasteiger charge is 2.21. The smallest absolute Gasteiger partial charge is 0.233 e. The van der Waals surface area contributed by atoms with Crippen molar-refractivity contribution in [3.8, 4) is 0 Å². The predicted octanol–water partition coefficient (Wildman–Crippen LogP) is 3.69. The predicted molar refractivity (Wildman–Crippen MR) is 118 cm³/mol. The van der Waals surface area contributed by atoms with Crippen LogP contribution in [0.4, 0.5) is 14.5 Å². The number of piperazine rings is 1. The lowest BCUT2D eigenvalue weighted by atomic mass is 10.2. The third-order valence-electron chi connectivity index (χ3n) is 4.93. The lowest BCUT2D eigenvalue weighted by Crippen LogP contribution is -2.49. The molecule has 2 aromatic carbocycles. The first kappa shape index (κ1) is 21.0. The van der Waals surface area contributed by atoms with E-state index >= 15 is 0 Å². The lowest BCUT2D eigenvalue weighted by molar-refractivity contribution is -0.128. The van der Waals surface area contributed by atoms with Gasteiger partial charge in [0.05, 0.1) is 5.75 Å². The van der Waals surface area contributed by atoms with Gasteiger partial charge in [0.2, 0.25) is 11.1 Å². The fourth-order valence-electron chi connectivity index (χ4n) is 3.23. The first-order valence-electron chi connectivity index (χ1n) is 9.84. The largest absolute Gasteiger partial charge is 0.368 e. The summed E-state index contributed by atoms with van der Waals surface area (Å²) in [6, 6.07) is 12.5. The van der Waals surface area contributed by atoms with E-state index in [1.54, 1.807) is 36.4 Å². The summed E-state index contributed by atoms with van der Waals surface area (Å²) in [5, 5.41) is 7.44. The van der Waals surface area contributed by atoms with E-state index in [0.29, 0.717) is 37.2 Å². The van der Waals surface area contributed by atoms with Gasteiger partial charge in [-0.1, -0.05) is 30.0 Å². The van der Waals surface area contributed by atoms with Gasteiger partial charge in [0, 0.05) is 31.9 Å². The van der Waals surface area contributed by atoms with Crippen molar-refractivity contribution in [2.24, 2.45) is 0 Å². The van der Waals surface area contributed by atoms with Crippen LogP contribution in [0, 0.1) is 11.6 Å². The number of amides is 1. The molecule has 6 nitrogen and oxygen atoms in total. The van der Waals surface area contributed by atoms with E-state index in [-0.39, 0.29) is 23.3 Å². The maximum absolute atomic E-state index is 13.1. The SMILES string of the molecule is O=C(CSc1n[nH]c(/C=C/c2ccc(F)cc2)n1)N1CCN(c2ccc(F)cc2)CC1. The Morgan fingerprint density at radius 3 is 2.29 bits per heavy atom. The monoisotopic (exact) mass is 441 g/mol. The molecule has 1 aromatic heterocycles. The van der Waals surface area contributed by atoms with Crippen LogP contribution in [0.3, 0.4) is 0 Å². The fraction of sp³-hybridized carbons (Fsp3) is 0.227. The van der Waals surface area contributed by atoms with Gasteiger partial charge in [-0.3, -0.25) is 9.89 Å². The summed E-state index contributed by atoms with van der Waals surface area (Å²) in [7, 11) is 0. The van der Waals surface area contributed by atoms with Crippen molar-refractivity contribution in [2.75, 3.05) is 36.8 Å². The van der Waals surface area contributed by atoms with Crippen LogP contribution in [0.1, 0.15) is 11.4 Å². The van der Waals surface area contributed by atoms with Crippen molar-refractivity contribution in [3.05, 3.63) is 71.6 Å². The molecule has 1 amide bonds. The van der Waals surface area contributed by atoms with Crippen LogP contribution in [0.25, 0.3) is 12.2 Å². The van der Waals surface area contributed by atoms with Crippen LogP contribution in [-0.4, -0.2) is 57.9 Å². The quantitative estimate of drug-likeness (QED) is 0.591. The van der Waals surface area contributed by atoms with E-state index in [2.05, 4.69) is 20.1 Å². The third kappa shape index (κ3) is 5.69. The Labute approximate surface area is 183 Å². The van der Waals surface area contributed by atoms with Gasteiger partial charge in [-0.2, -0.15) is 0 Å². The summed E-state index contributed by atoms with van der Waals surface area (Å²) < 4.78 is 26.0. The minimum atomic E-state index is -0.281. The maximum Gasteiger partial charge on any atom is 0.233 e. The number of rotatable bonds is 6. The van der Waals surface area contributed by atoms with Gasteiger partial charge in [-0.25, -0.2) is 13.8 Å². The van der Waals surface area contributed by atoms with Crippen LogP contribution in [0.5, 0.6) is 0 Å². The van der Waals surface area contributed by atoms with Crippen LogP contribution in [0.15, 0.2) is 53.7 Å². The Morgan fingerprint density at radius 1 is 0.968 bits per heavy atom. The van der Waals surface area contributed by atoms with E-state index in [0.717, 1.165) is 11.3 Å². The first-order valence-corrected chi connectivity index (χ1v) is 10.8. The average molecular weight is 442 g/mol. The molecule has 160 valence electrons. The molecule has 4 rings (SSSR count). The van der Waals surface area contributed by atoms with Crippen molar-refractivity contribution in [1.82, 2.24) is 20.1 Å². The molecule has 1 aliphatic heterocycles. The van der Waals surface area contributed by atoms with E-state index in [9.17, 15) is 13.6 Å². The molecular formula is C22H21F2N5OS. The van der Waals surface area contributed by atoms with Crippen molar-refractivity contribution < 1.29 is 13.6 Å². The van der Waals surface area contributed by atoms with Crippen molar-refractivity contribution in [1.29, 1.82) is 0 Å². The lowest BCUT2D eigenvalue weighted by Gasteiger charge is -2.36. The van der Waals surface area contributed by atoms with E-state index < -0.39 is 0 Å². The molecule has 0 unspecified atom stereocenters. The number of benzene rings is 2. The number of thioether (sulfide) groups is 1. The second-order valence-electron chi connectivity index (χ2n) is 7.02. The Hall–Kier alpha value is -3.20. The number of H-pyrrole nitrogens is 1. The molecule has 1 saturated heterocycles. The molecule has 0 spiro atoms. The van der Waals surface area contributed by atoms with Gasteiger partial charge >= 0.3 is 0 Å². The zero-order chi connectivity index (χ0) is 21.6. The molecule has 3 aromatic rings. The molecule has 2 heterocycles. The fourth-order valence-corrected chi connectivity index (χ4v) is 3.94. The van der Waals surface area contributed by atoms with Gasteiger partial charge in [0.1, 0.15) is 17.5 Å². The van der Waals surface area contributed by atoms with Gasteiger partial charge in [-0.15, -0.1) is 5.10 Å². The van der Waals surface area contributed by atoms with E-state index in [4.69, 9.17) is 0 Å². The number of anilines is 1. The molecule has 0 bridgehead atoms. The topological polar surface area (TPSA) is 65.1 Å². The minimum absolute atomic E-state index is 0.0389. The maximum atomic E-state index is 13.1. The molecule has 0 aliphatic carbocycles. The first-order chi connectivity index (χ1) is 15.1. The van der Waals surface area contributed by atoms with Crippen LogP contribution in [0.2, 0.25) is 0 Å². The second kappa shape index (κ2) is 9.74. The number of aromatic nitrogens is 3.